The third kappa shape index (κ3) is 5.33. The molecule has 0 aliphatic heterocycles. The Morgan fingerprint density at radius 3 is 2.55 bits per heavy atom. The molecule has 0 saturated carbocycles. The maximum atomic E-state index is 12.9. The van der Waals surface area contributed by atoms with Gasteiger partial charge in [-0.05, 0) is 12.5 Å². The van der Waals surface area contributed by atoms with E-state index in [4.69, 9.17) is 10.5 Å². The SMILES string of the molecule is CCCCCCn1nc(C(=O)OCc2nc(N)nc(N(C)C)n2)c2ccccc2c1=O. The summed E-state index contributed by atoms with van der Waals surface area (Å²) in [6.07, 6.45) is 3.98. The molecule has 2 heterocycles. The van der Waals surface area contributed by atoms with E-state index < -0.39 is 5.97 Å². The average Bonchev–Trinajstić information content (AvgIpc) is 2.76. The normalized spacial score (nSPS) is 10.9. The number of ether oxygens (including phenoxy) is 1. The number of benzene rings is 1. The van der Waals surface area contributed by atoms with E-state index in [0.29, 0.717) is 23.3 Å². The molecule has 0 spiro atoms. The lowest BCUT2D eigenvalue weighted by molar-refractivity contribution is 0.0454. The number of esters is 1. The Balaban J connectivity index is 1.86. The molecule has 0 aliphatic rings. The largest absolute Gasteiger partial charge is 0.453 e. The highest BCUT2D eigenvalue weighted by atomic mass is 16.5. The average molecular weight is 425 g/mol. The van der Waals surface area contributed by atoms with Gasteiger partial charge in [-0.1, -0.05) is 44.4 Å². The van der Waals surface area contributed by atoms with Crippen molar-refractivity contribution >= 4 is 28.6 Å². The second-order valence-corrected chi connectivity index (χ2v) is 7.36. The fourth-order valence-electron chi connectivity index (χ4n) is 3.11. The van der Waals surface area contributed by atoms with Crippen molar-refractivity contribution < 1.29 is 9.53 Å². The van der Waals surface area contributed by atoms with Crippen molar-refractivity contribution in [1.82, 2.24) is 24.7 Å². The number of rotatable bonds is 9. The summed E-state index contributed by atoms with van der Waals surface area (Å²) in [5, 5.41) is 5.20. The summed E-state index contributed by atoms with van der Waals surface area (Å²) >= 11 is 0. The van der Waals surface area contributed by atoms with Gasteiger partial charge >= 0.3 is 5.97 Å². The van der Waals surface area contributed by atoms with Crippen LogP contribution in [-0.2, 0) is 17.9 Å². The Labute approximate surface area is 180 Å². The van der Waals surface area contributed by atoms with Crippen LogP contribution in [0.15, 0.2) is 29.1 Å². The Morgan fingerprint density at radius 1 is 1.10 bits per heavy atom. The summed E-state index contributed by atoms with van der Waals surface area (Å²) < 4.78 is 6.75. The van der Waals surface area contributed by atoms with Crippen molar-refractivity contribution in [3.05, 3.63) is 46.1 Å². The number of nitrogens with two attached hydrogens (primary N) is 1. The third-order valence-electron chi connectivity index (χ3n) is 4.70. The lowest BCUT2D eigenvalue weighted by Gasteiger charge is -2.12. The maximum absolute atomic E-state index is 12.9. The standard InChI is InChI=1S/C21H27N7O3/c1-4-5-6-9-12-28-18(29)15-11-8-7-10-14(15)17(26-28)19(30)31-13-16-23-20(22)25-21(24-16)27(2)3/h7-8,10-11H,4-6,9,12-13H2,1-3H3,(H2,22,23,24,25). The zero-order valence-corrected chi connectivity index (χ0v) is 18.0. The molecule has 0 unspecified atom stereocenters. The second kappa shape index (κ2) is 9.96. The molecule has 31 heavy (non-hydrogen) atoms. The number of anilines is 2. The summed E-state index contributed by atoms with van der Waals surface area (Å²) in [7, 11) is 3.54. The molecule has 0 aliphatic carbocycles. The predicted octanol–water partition coefficient (Wildman–Crippen LogP) is 2.17. The number of nitrogen functional groups attached to an aromatic ring is 1. The lowest BCUT2D eigenvalue weighted by Crippen LogP contribution is -2.26. The molecule has 3 aromatic rings. The topological polar surface area (TPSA) is 129 Å². The zero-order valence-electron chi connectivity index (χ0n) is 18.0. The van der Waals surface area contributed by atoms with Crippen LogP contribution in [0.1, 0.15) is 48.9 Å². The van der Waals surface area contributed by atoms with E-state index in [0.717, 1.165) is 25.7 Å². The number of hydrogen-bond acceptors (Lipinski definition) is 9. The highest BCUT2D eigenvalue weighted by Crippen LogP contribution is 2.16. The van der Waals surface area contributed by atoms with Gasteiger partial charge in [0.2, 0.25) is 11.9 Å². The first-order valence-corrected chi connectivity index (χ1v) is 10.3. The lowest BCUT2D eigenvalue weighted by atomic mass is 10.1. The molecule has 0 radical (unpaired) electrons. The van der Waals surface area contributed by atoms with Crippen LogP contribution in [-0.4, -0.2) is 44.8 Å². The first-order chi connectivity index (χ1) is 14.9. The van der Waals surface area contributed by atoms with Crippen molar-refractivity contribution in [2.45, 2.75) is 45.8 Å². The van der Waals surface area contributed by atoms with Gasteiger partial charge in [-0.2, -0.15) is 20.1 Å². The van der Waals surface area contributed by atoms with Crippen molar-refractivity contribution in [3.8, 4) is 0 Å². The van der Waals surface area contributed by atoms with Crippen LogP contribution in [0.3, 0.4) is 0 Å². The molecular weight excluding hydrogens is 398 g/mol. The van der Waals surface area contributed by atoms with Gasteiger partial charge in [-0.3, -0.25) is 4.79 Å². The fraction of sp³-hybridized carbons (Fsp3) is 0.429. The van der Waals surface area contributed by atoms with E-state index in [2.05, 4.69) is 27.0 Å². The van der Waals surface area contributed by atoms with E-state index in [9.17, 15) is 9.59 Å². The summed E-state index contributed by atoms with van der Waals surface area (Å²) in [4.78, 5) is 39.6. The summed E-state index contributed by atoms with van der Waals surface area (Å²) in [6, 6.07) is 6.89. The molecule has 10 heteroatoms. The minimum atomic E-state index is -0.663. The minimum absolute atomic E-state index is 0.0361. The van der Waals surface area contributed by atoms with Crippen LogP contribution < -0.4 is 16.2 Å². The minimum Gasteiger partial charge on any atom is -0.453 e. The Hall–Kier alpha value is -3.56. The molecule has 0 atom stereocenters. The molecule has 2 N–H and O–H groups in total. The quantitative estimate of drug-likeness (QED) is 0.405. The molecule has 0 amide bonds. The van der Waals surface area contributed by atoms with Crippen LogP contribution in [0, 0.1) is 0 Å². The van der Waals surface area contributed by atoms with Crippen LogP contribution in [0.2, 0.25) is 0 Å². The van der Waals surface area contributed by atoms with E-state index in [-0.39, 0.29) is 29.6 Å². The molecule has 0 fully saturated rings. The molecule has 0 bridgehead atoms. The zero-order chi connectivity index (χ0) is 22.4. The molecular formula is C21H27N7O3. The summed E-state index contributed by atoms with van der Waals surface area (Å²) in [5.41, 5.74) is 5.58. The number of carbonyl (C=O) groups is 1. The predicted molar refractivity (Wildman–Crippen MR) is 118 cm³/mol. The number of hydrogen-bond donors (Lipinski definition) is 1. The third-order valence-corrected chi connectivity index (χ3v) is 4.70. The molecule has 1 aromatic carbocycles. The smallest absolute Gasteiger partial charge is 0.359 e. The van der Waals surface area contributed by atoms with Gasteiger partial charge in [0.15, 0.2) is 18.1 Å². The molecule has 10 nitrogen and oxygen atoms in total. The summed E-state index contributed by atoms with van der Waals surface area (Å²) in [5.74, 6) is -0.0395. The second-order valence-electron chi connectivity index (χ2n) is 7.36. The number of aromatic nitrogens is 5. The number of nitrogens with zero attached hydrogens (tertiary/aromatic N) is 6. The molecule has 0 saturated heterocycles. The Kier molecular flexibility index (Phi) is 7.11. The van der Waals surface area contributed by atoms with Crippen molar-refractivity contribution in [2.75, 3.05) is 24.7 Å². The van der Waals surface area contributed by atoms with Crippen molar-refractivity contribution in [3.63, 3.8) is 0 Å². The maximum Gasteiger partial charge on any atom is 0.359 e. The van der Waals surface area contributed by atoms with E-state index >= 15 is 0 Å². The van der Waals surface area contributed by atoms with Gasteiger partial charge < -0.3 is 15.4 Å². The molecule has 2 aromatic heterocycles. The molecule has 3 rings (SSSR count). The number of fused-ring (bicyclic) bond motifs is 1. The monoisotopic (exact) mass is 425 g/mol. The van der Waals surface area contributed by atoms with E-state index in [1.54, 1.807) is 43.3 Å². The first-order valence-electron chi connectivity index (χ1n) is 10.3. The van der Waals surface area contributed by atoms with E-state index in [1.165, 1.54) is 4.68 Å². The van der Waals surface area contributed by atoms with Gasteiger partial charge in [-0.25, -0.2) is 9.48 Å². The highest BCUT2D eigenvalue weighted by Gasteiger charge is 2.19. The van der Waals surface area contributed by atoms with Gasteiger partial charge in [0.25, 0.3) is 5.56 Å². The van der Waals surface area contributed by atoms with Gasteiger partial charge in [0.05, 0.1) is 5.39 Å². The Bertz CT molecular complexity index is 1130. The number of unbranched alkanes of at least 4 members (excludes halogenated alkanes) is 3. The first kappa shape index (κ1) is 22.1. The molecule has 164 valence electrons. The fourth-order valence-corrected chi connectivity index (χ4v) is 3.11. The van der Waals surface area contributed by atoms with Gasteiger partial charge in [0, 0.05) is 26.0 Å². The number of carbonyl (C=O) groups excluding carboxylic acids is 1. The van der Waals surface area contributed by atoms with Crippen molar-refractivity contribution in [2.24, 2.45) is 0 Å². The van der Waals surface area contributed by atoms with Gasteiger partial charge in [0.1, 0.15) is 0 Å². The van der Waals surface area contributed by atoms with Crippen molar-refractivity contribution in [1.29, 1.82) is 0 Å². The summed E-state index contributed by atoms with van der Waals surface area (Å²) in [6.45, 7) is 2.37. The van der Waals surface area contributed by atoms with Crippen LogP contribution in [0.5, 0.6) is 0 Å². The van der Waals surface area contributed by atoms with Crippen LogP contribution >= 0.6 is 0 Å². The number of aryl methyl sites for hydroxylation is 1. The highest BCUT2D eigenvalue weighted by molar-refractivity contribution is 6.02. The van der Waals surface area contributed by atoms with Crippen LogP contribution in [0.25, 0.3) is 10.8 Å². The van der Waals surface area contributed by atoms with Crippen LogP contribution in [0.4, 0.5) is 11.9 Å². The van der Waals surface area contributed by atoms with Gasteiger partial charge in [-0.15, -0.1) is 0 Å². The Morgan fingerprint density at radius 2 is 1.84 bits per heavy atom. The van der Waals surface area contributed by atoms with E-state index in [1.807, 2.05) is 0 Å².